The molecule has 2 amide bonds. The smallest absolute Gasteiger partial charge is 0.253 e. The number of rotatable bonds is 5. The number of nitrogens with one attached hydrogen (secondary N) is 1. The number of hydrogen-bond acceptors (Lipinski definition) is 3. The zero-order valence-corrected chi connectivity index (χ0v) is 19.7. The Balaban J connectivity index is 1.43. The van der Waals surface area contributed by atoms with Crippen molar-refractivity contribution in [1.82, 2.24) is 9.80 Å². The molecule has 1 unspecified atom stereocenters. The van der Waals surface area contributed by atoms with Crippen LogP contribution in [0.4, 0.5) is 5.69 Å². The average Bonchev–Trinajstić information content (AvgIpc) is 3.28. The van der Waals surface area contributed by atoms with Gasteiger partial charge in [-0.1, -0.05) is 52.5 Å². The number of anilines is 1. The molecule has 5 nitrogen and oxygen atoms in total. The van der Waals surface area contributed by atoms with Gasteiger partial charge in [-0.25, -0.2) is 0 Å². The molecule has 0 bridgehead atoms. The molecule has 1 aliphatic carbocycles. The number of benzene rings is 2. The molecular weight excluding hydrogens is 478 g/mol. The molecule has 1 N–H and O–H groups in total. The topological polar surface area (TPSA) is 52.7 Å². The van der Waals surface area contributed by atoms with Crippen LogP contribution in [-0.4, -0.2) is 53.8 Å². The van der Waals surface area contributed by atoms with E-state index in [-0.39, 0.29) is 17.9 Å². The minimum absolute atomic E-state index is 0.0286. The third-order valence-electron chi connectivity index (χ3n) is 6.27. The Morgan fingerprint density at radius 2 is 1.71 bits per heavy atom. The molecule has 164 valence electrons. The van der Waals surface area contributed by atoms with Crippen molar-refractivity contribution in [3.05, 3.63) is 63.6 Å². The third-order valence-corrected chi connectivity index (χ3v) is 7.00. The van der Waals surface area contributed by atoms with Crippen LogP contribution in [0.5, 0.6) is 0 Å². The average molecular weight is 505 g/mol. The first-order valence-electron chi connectivity index (χ1n) is 10.9. The highest BCUT2D eigenvalue weighted by Gasteiger charge is 2.37. The van der Waals surface area contributed by atoms with Crippen molar-refractivity contribution in [2.75, 3.05) is 31.5 Å². The second-order valence-electron chi connectivity index (χ2n) is 8.33. The molecule has 4 rings (SSSR count). The van der Waals surface area contributed by atoms with Gasteiger partial charge in [0.25, 0.3) is 5.91 Å². The zero-order valence-electron chi connectivity index (χ0n) is 17.4. The lowest BCUT2D eigenvalue weighted by molar-refractivity contribution is -0.123. The molecule has 0 aromatic heterocycles. The van der Waals surface area contributed by atoms with Crippen LogP contribution >= 0.6 is 27.5 Å². The molecule has 1 saturated heterocycles. The van der Waals surface area contributed by atoms with Gasteiger partial charge in [-0.15, -0.1) is 0 Å². The van der Waals surface area contributed by atoms with Gasteiger partial charge in [0.15, 0.2) is 0 Å². The predicted molar refractivity (Wildman–Crippen MR) is 127 cm³/mol. The maximum absolute atomic E-state index is 13.3. The summed E-state index contributed by atoms with van der Waals surface area (Å²) in [7, 11) is 0. The zero-order chi connectivity index (χ0) is 21.8. The van der Waals surface area contributed by atoms with Gasteiger partial charge >= 0.3 is 0 Å². The minimum Gasteiger partial charge on any atom is -0.336 e. The van der Waals surface area contributed by atoms with E-state index in [0.29, 0.717) is 42.7 Å². The SMILES string of the molecule is O=C(Nc1cccc(Cl)c1)C(C1CCCC1)N1CCN(C(=O)c2cccc(Br)c2)CC1. The van der Waals surface area contributed by atoms with Crippen LogP contribution in [0.2, 0.25) is 5.02 Å². The van der Waals surface area contributed by atoms with Crippen LogP contribution in [0.1, 0.15) is 36.0 Å². The standard InChI is InChI=1S/C24H27BrClN3O2/c25-19-8-3-7-18(15-19)24(31)29-13-11-28(12-14-29)22(17-5-1-2-6-17)23(30)27-21-10-4-9-20(26)16-21/h3-4,7-10,15-17,22H,1-2,5-6,11-14H2,(H,27,30). The minimum atomic E-state index is -0.176. The van der Waals surface area contributed by atoms with E-state index in [0.717, 1.165) is 23.0 Å². The summed E-state index contributed by atoms with van der Waals surface area (Å²) in [6.45, 7) is 2.64. The van der Waals surface area contributed by atoms with Crippen molar-refractivity contribution in [2.45, 2.75) is 31.7 Å². The third kappa shape index (κ3) is 5.48. The molecule has 7 heteroatoms. The Morgan fingerprint density at radius 1 is 1.00 bits per heavy atom. The van der Waals surface area contributed by atoms with Gasteiger partial charge in [0, 0.05) is 46.9 Å². The van der Waals surface area contributed by atoms with Crippen LogP contribution in [0.25, 0.3) is 0 Å². The Morgan fingerprint density at radius 3 is 2.39 bits per heavy atom. The molecular formula is C24H27BrClN3O2. The summed E-state index contributed by atoms with van der Waals surface area (Å²) >= 11 is 9.52. The highest BCUT2D eigenvalue weighted by molar-refractivity contribution is 9.10. The summed E-state index contributed by atoms with van der Waals surface area (Å²) < 4.78 is 0.899. The number of carbonyl (C=O) groups excluding carboxylic acids is 2. The van der Waals surface area contributed by atoms with E-state index in [4.69, 9.17) is 11.6 Å². The number of amides is 2. The lowest BCUT2D eigenvalue weighted by Crippen LogP contribution is -2.56. The van der Waals surface area contributed by atoms with Crippen molar-refractivity contribution in [3.63, 3.8) is 0 Å². The number of nitrogens with zero attached hydrogens (tertiary/aromatic N) is 2. The Bertz CT molecular complexity index is 940. The number of halogens is 2. The van der Waals surface area contributed by atoms with E-state index < -0.39 is 0 Å². The van der Waals surface area contributed by atoms with Crippen molar-refractivity contribution < 1.29 is 9.59 Å². The van der Waals surface area contributed by atoms with Crippen LogP contribution in [0, 0.1) is 5.92 Å². The highest BCUT2D eigenvalue weighted by atomic mass is 79.9. The molecule has 2 aliphatic rings. The van der Waals surface area contributed by atoms with Gasteiger partial charge in [-0.2, -0.15) is 0 Å². The first-order valence-corrected chi connectivity index (χ1v) is 12.0. The number of carbonyl (C=O) groups is 2. The Labute approximate surface area is 196 Å². The summed E-state index contributed by atoms with van der Waals surface area (Å²) in [5, 5.41) is 3.68. The molecule has 2 fully saturated rings. The second-order valence-corrected chi connectivity index (χ2v) is 9.68. The highest BCUT2D eigenvalue weighted by Crippen LogP contribution is 2.32. The molecule has 0 radical (unpaired) electrons. The van der Waals surface area contributed by atoms with Crippen LogP contribution in [-0.2, 0) is 4.79 Å². The van der Waals surface area contributed by atoms with E-state index in [1.807, 2.05) is 41.3 Å². The normalized spacial score (nSPS) is 18.7. The van der Waals surface area contributed by atoms with E-state index >= 15 is 0 Å². The Hall–Kier alpha value is -1.89. The summed E-state index contributed by atoms with van der Waals surface area (Å²) in [6, 6.07) is 14.6. The van der Waals surface area contributed by atoms with Crippen molar-refractivity contribution in [3.8, 4) is 0 Å². The first-order chi connectivity index (χ1) is 15.0. The van der Waals surface area contributed by atoms with Crippen molar-refractivity contribution in [2.24, 2.45) is 5.92 Å². The monoisotopic (exact) mass is 503 g/mol. The van der Waals surface area contributed by atoms with E-state index in [9.17, 15) is 9.59 Å². The van der Waals surface area contributed by atoms with Gasteiger partial charge in [0.05, 0.1) is 6.04 Å². The molecule has 1 aliphatic heterocycles. The molecule has 2 aromatic carbocycles. The predicted octanol–water partition coefficient (Wildman–Crippen LogP) is 5.06. The largest absolute Gasteiger partial charge is 0.336 e. The summed E-state index contributed by atoms with van der Waals surface area (Å²) in [4.78, 5) is 30.3. The molecule has 2 aromatic rings. The van der Waals surface area contributed by atoms with Gasteiger partial charge in [-0.3, -0.25) is 14.5 Å². The summed E-state index contributed by atoms with van der Waals surface area (Å²) in [5.41, 5.74) is 1.41. The van der Waals surface area contributed by atoms with Crippen LogP contribution < -0.4 is 5.32 Å². The van der Waals surface area contributed by atoms with E-state index in [2.05, 4.69) is 26.1 Å². The van der Waals surface area contributed by atoms with Gasteiger partial charge in [0.2, 0.25) is 5.91 Å². The molecule has 1 atom stereocenters. The summed E-state index contributed by atoms with van der Waals surface area (Å²) in [6.07, 6.45) is 4.50. The lowest BCUT2D eigenvalue weighted by atomic mass is 9.94. The maximum Gasteiger partial charge on any atom is 0.253 e. The van der Waals surface area contributed by atoms with E-state index in [1.165, 1.54) is 12.8 Å². The fraction of sp³-hybridized carbons (Fsp3) is 0.417. The van der Waals surface area contributed by atoms with E-state index in [1.54, 1.807) is 12.1 Å². The molecule has 31 heavy (non-hydrogen) atoms. The fourth-order valence-electron chi connectivity index (χ4n) is 4.74. The second kappa shape index (κ2) is 10.2. The van der Waals surface area contributed by atoms with Gasteiger partial charge in [-0.05, 0) is 55.2 Å². The Kier molecular flexibility index (Phi) is 7.31. The number of piperazine rings is 1. The van der Waals surface area contributed by atoms with Crippen molar-refractivity contribution in [1.29, 1.82) is 0 Å². The maximum atomic E-state index is 13.3. The van der Waals surface area contributed by atoms with Gasteiger partial charge in [0.1, 0.15) is 0 Å². The molecule has 1 heterocycles. The van der Waals surface area contributed by atoms with Crippen molar-refractivity contribution >= 4 is 45.0 Å². The fourth-order valence-corrected chi connectivity index (χ4v) is 5.33. The molecule has 0 spiro atoms. The van der Waals surface area contributed by atoms with Crippen LogP contribution in [0.3, 0.4) is 0 Å². The quantitative estimate of drug-likeness (QED) is 0.619. The molecule has 1 saturated carbocycles. The first kappa shape index (κ1) is 22.3. The number of hydrogen-bond donors (Lipinski definition) is 1. The van der Waals surface area contributed by atoms with Crippen LogP contribution in [0.15, 0.2) is 53.0 Å². The van der Waals surface area contributed by atoms with Gasteiger partial charge < -0.3 is 10.2 Å². The summed E-state index contributed by atoms with van der Waals surface area (Å²) in [5.74, 6) is 0.425. The lowest BCUT2D eigenvalue weighted by Gasteiger charge is -2.40.